The third-order valence-electron chi connectivity index (χ3n) is 2.48. The molecule has 1 atom stereocenters. The molecular formula is C12H21ClZn-. The summed E-state index contributed by atoms with van der Waals surface area (Å²) in [6, 6.07) is 0. The molecule has 0 bridgehead atoms. The van der Waals surface area contributed by atoms with E-state index in [1.54, 1.807) is 5.92 Å². The van der Waals surface area contributed by atoms with E-state index in [2.05, 4.69) is 26.8 Å². The summed E-state index contributed by atoms with van der Waals surface area (Å²) in [6.07, 6.45) is 9.36. The van der Waals surface area contributed by atoms with Crippen molar-refractivity contribution in [3.8, 4) is 0 Å². The maximum Gasteiger partial charge on any atom is 0 e. The minimum atomic E-state index is 0. The van der Waals surface area contributed by atoms with Gasteiger partial charge in [-0.2, -0.15) is 0 Å². The van der Waals surface area contributed by atoms with E-state index in [-0.39, 0.29) is 31.9 Å². The Balaban J connectivity index is 0. The van der Waals surface area contributed by atoms with Crippen LogP contribution in [0.5, 0.6) is 0 Å². The van der Waals surface area contributed by atoms with E-state index in [0.29, 0.717) is 0 Å². The molecule has 0 aliphatic heterocycles. The second-order valence-corrected chi connectivity index (χ2v) is 4.17. The fourth-order valence-electron chi connectivity index (χ4n) is 1.69. The largest absolute Gasteiger partial charge is 1.00 e. The quantitative estimate of drug-likeness (QED) is 0.397. The molecule has 1 saturated carbocycles. The van der Waals surface area contributed by atoms with E-state index in [4.69, 9.17) is 0 Å². The topological polar surface area (TPSA) is 0 Å². The molecule has 1 rings (SSSR count). The van der Waals surface area contributed by atoms with Gasteiger partial charge in [0, 0.05) is 19.5 Å². The van der Waals surface area contributed by atoms with Crippen LogP contribution in [-0.4, -0.2) is 0 Å². The third-order valence-corrected chi connectivity index (χ3v) is 2.48. The Labute approximate surface area is 108 Å². The number of halogens is 1. The summed E-state index contributed by atoms with van der Waals surface area (Å²) in [7, 11) is 0. The Morgan fingerprint density at radius 1 is 1.36 bits per heavy atom. The van der Waals surface area contributed by atoms with E-state index in [9.17, 15) is 0 Å². The zero-order chi connectivity index (χ0) is 8.97. The van der Waals surface area contributed by atoms with E-state index in [0.717, 1.165) is 5.92 Å². The summed E-state index contributed by atoms with van der Waals surface area (Å²) in [4.78, 5) is 0. The fraction of sp³-hybridized carbons (Fsp3) is 0.750. The molecule has 1 aliphatic carbocycles. The maximum atomic E-state index is 2.42. The zero-order valence-corrected chi connectivity index (χ0v) is 13.5. The van der Waals surface area contributed by atoms with Gasteiger partial charge in [0.2, 0.25) is 0 Å². The molecule has 1 fully saturated rings. The van der Waals surface area contributed by atoms with Crippen LogP contribution in [-0.2, 0) is 19.5 Å². The summed E-state index contributed by atoms with van der Waals surface area (Å²) < 4.78 is 0. The summed E-state index contributed by atoms with van der Waals surface area (Å²) >= 11 is 0. The molecule has 0 unspecified atom stereocenters. The van der Waals surface area contributed by atoms with Crippen molar-refractivity contribution in [1.82, 2.24) is 0 Å². The second-order valence-electron chi connectivity index (χ2n) is 4.17. The number of unbranched alkanes of at least 4 members (excludes halogenated alkanes) is 2. The SMILES string of the molecule is CCCCC[C]1C[C@H]1C=C(C)C.[Cl-].[Zn]. The van der Waals surface area contributed by atoms with Crippen molar-refractivity contribution in [2.75, 3.05) is 0 Å². The minimum Gasteiger partial charge on any atom is -1.00 e. The van der Waals surface area contributed by atoms with E-state index >= 15 is 0 Å². The molecule has 0 aromatic rings. The average molecular weight is 266 g/mol. The van der Waals surface area contributed by atoms with Gasteiger partial charge in [-0.1, -0.05) is 37.8 Å². The molecule has 0 N–H and O–H groups in total. The van der Waals surface area contributed by atoms with Crippen LogP contribution in [0.25, 0.3) is 0 Å². The van der Waals surface area contributed by atoms with E-state index in [1.165, 1.54) is 37.7 Å². The van der Waals surface area contributed by atoms with Crippen LogP contribution in [0.3, 0.4) is 0 Å². The van der Waals surface area contributed by atoms with E-state index in [1.807, 2.05) is 0 Å². The fourth-order valence-corrected chi connectivity index (χ4v) is 1.69. The first-order valence-electron chi connectivity index (χ1n) is 5.23. The van der Waals surface area contributed by atoms with Gasteiger partial charge in [-0.3, -0.25) is 0 Å². The van der Waals surface area contributed by atoms with Gasteiger partial charge in [0.05, 0.1) is 0 Å². The normalized spacial score (nSPS) is 19.2. The zero-order valence-electron chi connectivity index (χ0n) is 9.78. The maximum absolute atomic E-state index is 2.42. The van der Waals surface area contributed by atoms with Crippen molar-refractivity contribution in [1.29, 1.82) is 0 Å². The molecule has 0 saturated heterocycles. The summed E-state index contributed by atoms with van der Waals surface area (Å²) in [6.45, 7) is 6.66. The van der Waals surface area contributed by atoms with Gasteiger partial charge in [-0.05, 0) is 38.5 Å². The van der Waals surface area contributed by atoms with Crippen molar-refractivity contribution < 1.29 is 31.9 Å². The van der Waals surface area contributed by atoms with Crippen LogP contribution in [0, 0.1) is 11.8 Å². The molecule has 79 valence electrons. The minimum absolute atomic E-state index is 0. The Morgan fingerprint density at radius 2 is 2.00 bits per heavy atom. The van der Waals surface area contributed by atoms with Gasteiger partial charge in [0.1, 0.15) is 0 Å². The molecule has 1 aliphatic rings. The van der Waals surface area contributed by atoms with Gasteiger partial charge in [-0.15, -0.1) is 0 Å². The van der Waals surface area contributed by atoms with Crippen LogP contribution in [0.2, 0.25) is 0 Å². The predicted molar refractivity (Wildman–Crippen MR) is 54.9 cm³/mol. The Morgan fingerprint density at radius 3 is 2.50 bits per heavy atom. The van der Waals surface area contributed by atoms with Crippen molar-refractivity contribution in [3.63, 3.8) is 0 Å². The molecule has 0 nitrogen and oxygen atoms in total. The van der Waals surface area contributed by atoms with Gasteiger partial charge in [0.25, 0.3) is 0 Å². The Hall–Kier alpha value is 0.653. The molecule has 0 heterocycles. The molecule has 1 radical (unpaired) electrons. The van der Waals surface area contributed by atoms with Gasteiger partial charge in [0.15, 0.2) is 0 Å². The van der Waals surface area contributed by atoms with Gasteiger partial charge >= 0.3 is 0 Å². The molecule has 14 heavy (non-hydrogen) atoms. The van der Waals surface area contributed by atoms with Crippen molar-refractivity contribution in [2.24, 2.45) is 5.92 Å². The third kappa shape index (κ3) is 7.01. The van der Waals surface area contributed by atoms with Crippen molar-refractivity contribution in [3.05, 3.63) is 17.6 Å². The first-order valence-corrected chi connectivity index (χ1v) is 5.23. The Bertz CT molecular complexity index is 162. The standard InChI is InChI=1S/C12H21.ClH.Zn/c1-4-5-6-7-11-9-12(11)8-10(2)3;;/h8,12H,4-7,9H2,1-3H3;1H;/p-1/t12-;;/m1../s1. The van der Waals surface area contributed by atoms with Crippen LogP contribution in [0.15, 0.2) is 11.6 Å². The first kappa shape index (κ1) is 17.1. The van der Waals surface area contributed by atoms with Crippen molar-refractivity contribution >= 4 is 0 Å². The Kier molecular flexibility index (Phi) is 10.9. The molecule has 0 amide bonds. The number of hydrogen-bond donors (Lipinski definition) is 0. The number of hydrogen-bond acceptors (Lipinski definition) is 0. The summed E-state index contributed by atoms with van der Waals surface area (Å²) in [5.74, 6) is 2.66. The van der Waals surface area contributed by atoms with Gasteiger partial charge in [-0.25, -0.2) is 0 Å². The summed E-state index contributed by atoms with van der Waals surface area (Å²) in [5.41, 5.74) is 1.48. The number of allylic oxidation sites excluding steroid dienone is 2. The van der Waals surface area contributed by atoms with E-state index < -0.39 is 0 Å². The van der Waals surface area contributed by atoms with Crippen LogP contribution < -0.4 is 12.4 Å². The van der Waals surface area contributed by atoms with Crippen molar-refractivity contribution in [2.45, 2.75) is 52.9 Å². The predicted octanol–water partition coefficient (Wildman–Crippen LogP) is 1.13. The van der Waals surface area contributed by atoms with Crippen LogP contribution >= 0.6 is 0 Å². The number of rotatable bonds is 5. The molecule has 0 spiro atoms. The molecule has 0 aromatic carbocycles. The second kappa shape index (κ2) is 8.92. The monoisotopic (exact) mass is 264 g/mol. The van der Waals surface area contributed by atoms with Crippen LogP contribution in [0.1, 0.15) is 52.9 Å². The van der Waals surface area contributed by atoms with Crippen LogP contribution in [0.4, 0.5) is 0 Å². The smallest absolute Gasteiger partial charge is 0 e. The molecule has 2 heteroatoms. The first-order chi connectivity index (χ1) is 5.74. The molecular weight excluding hydrogens is 245 g/mol. The molecule has 0 aromatic heterocycles. The summed E-state index contributed by atoms with van der Waals surface area (Å²) in [5, 5.41) is 0. The van der Waals surface area contributed by atoms with Gasteiger partial charge < -0.3 is 12.4 Å². The average Bonchev–Trinajstić information content (AvgIpc) is 2.67.